The van der Waals surface area contributed by atoms with Crippen molar-refractivity contribution < 1.29 is 0 Å². The highest BCUT2D eigenvalue weighted by atomic mass is 32.1. The van der Waals surface area contributed by atoms with Gasteiger partial charge >= 0.3 is 6.85 Å². The van der Waals surface area contributed by atoms with Crippen molar-refractivity contribution in [3.05, 3.63) is 151 Å². The predicted molar refractivity (Wildman–Crippen MR) is 181 cm³/mol. The number of hydrogen-bond acceptors (Lipinski definition) is 3. The summed E-state index contributed by atoms with van der Waals surface area (Å²) in [5.74, 6) is 0. The first-order chi connectivity index (χ1) is 20.9. The summed E-state index contributed by atoms with van der Waals surface area (Å²) >= 11 is 1.80. The van der Waals surface area contributed by atoms with Gasteiger partial charge in [0.15, 0.2) is 0 Å². The number of nitrogens with zero attached hydrogens (tertiary/aromatic N) is 2. The molecule has 2 nitrogen and oxygen atoms in total. The summed E-state index contributed by atoms with van der Waals surface area (Å²) in [6.45, 7) is 0.0478. The van der Waals surface area contributed by atoms with Crippen LogP contribution >= 0.6 is 11.3 Å². The van der Waals surface area contributed by atoms with Crippen molar-refractivity contribution in [1.82, 2.24) is 0 Å². The molecule has 196 valence electrons. The summed E-state index contributed by atoms with van der Waals surface area (Å²) in [4.78, 5) is 5.06. The molecule has 0 unspecified atom stereocenters. The number of benzene rings is 6. The molecule has 0 bridgehead atoms. The number of hydrogen-bond donors (Lipinski definition) is 0. The standard InChI is InChI=1S/C38H25BN2S/c1-3-12-26(13-4-1)31-24-27-22-23-42-37(27)25-36(31)40-34-20-10-8-18-32(34)39-38-30(17-11-21-35(38)40)29-16-7-9-19-33(29)41(39)28-14-5-2-6-15-28/h1-25H. The molecule has 0 radical (unpaired) electrons. The van der Waals surface area contributed by atoms with Gasteiger partial charge in [-0.05, 0) is 81.3 Å². The Labute approximate surface area is 249 Å². The van der Waals surface area contributed by atoms with Crippen LogP contribution in [0.2, 0.25) is 0 Å². The molecule has 0 amide bonds. The van der Waals surface area contributed by atoms with Crippen LogP contribution in [-0.2, 0) is 0 Å². The Kier molecular flexibility index (Phi) is 5.20. The van der Waals surface area contributed by atoms with E-state index >= 15 is 0 Å². The van der Waals surface area contributed by atoms with Crippen LogP contribution in [0.1, 0.15) is 0 Å². The monoisotopic (exact) mass is 552 g/mol. The fourth-order valence-electron chi connectivity index (χ4n) is 6.97. The topological polar surface area (TPSA) is 6.48 Å². The molecule has 6 aromatic carbocycles. The molecule has 7 aromatic rings. The number of fused-ring (bicyclic) bond motifs is 5. The van der Waals surface area contributed by atoms with E-state index in [1.807, 2.05) is 0 Å². The molecule has 0 aliphatic carbocycles. The van der Waals surface area contributed by atoms with Gasteiger partial charge in [0.2, 0.25) is 0 Å². The highest BCUT2D eigenvalue weighted by Gasteiger charge is 2.44. The fourth-order valence-corrected chi connectivity index (χ4v) is 7.77. The zero-order valence-electron chi connectivity index (χ0n) is 22.8. The van der Waals surface area contributed by atoms with Crippen molar-refractivity contribution in [2.24, 2.45) is 0 Å². The van der Waals surface area contributed by atoms with Gasteiger partial charge in [-0.3, -0.25) is 0 Å². The second-order valence-electron chi connectivity index (χ2n) is 11.0. The van der Waals surface area contributed by atoms with Crippen molar-refractivity contribution in [3.8, 4) is 22.3 Å². The average Bonchev–Trinajstić information content (AvgIpc) is 3.53. The lowest BCUT2D eigenvalue weighted by molar-refractivity contribution is 1.27. The summed E-state index contributed by atoms with van der Waals surface area (Å²) in [5.41, 5.74) is 13.8. The van der Waals surface area contributed by atoms with Crippen LogP contribution in [0.5, 0.6) is 0 Å². The van der Waals surface area contributed by atoms with Crippen LogP contribution in [0.25, 0.3) is 32.3 Å². The van der Waals surface area contributed by atoms with Crippen molar-refractivity contribution in [1.29, 1.82) is 0 Å². The van der Waals surface area contributed by atoms with E-state index in [1.54, 1.807) is 11.3 Å². The van der Waals surface area contributed by atoms with Crippen molar-refractivity contribution in [3.63, 3.8) is 0 Å². The van der Waals surface area contributed by atoms with E-state index in [0.29, 0.717) is 0 Å². The number of para-hydroxylation sites is 3. The average molecular weight is 553 g/mol. The SMILES string of the molecule is c1ccc(-c2cc3ccsc3cc2N2c3ccccc3B3c4c(cccc42)-c2ccccc2N3c2ccccc2)cc1. The van der Waals surface area contributed by atoms with E-state index in [-0.39, 0.29) is 6.85 Å². The number of rotatable bonds is 3. The van der Waals surface area contributed by atoms with Crippen LogP contribution in [0.4, 0.5) is 28.4 Å². The second kappa shape index (κ2) is 9.23. The molecule has 42 heavy (non-hydrogen) atoms. The minimum Gasteiger partial charge on any atom is -0.376 e. The van der Waals surface area contributed by atoms with Crippen LogP contribution in [0.3, 0.4) is 0 Å². The number of thiophene rings is 1. The van der Waals surface area contributed by atoms with Crippen LogP contribution < -0.4 is 20.6 Å². The van der Waals surface area contributed by atoms with Gasteiger partial charge < -0.3 is 9.71 Å². The molecule has 0 fully saturated rings. The molecule has 2 aliphatic heterocycles. The molecule has 4 heteroatoms. The summed E-state index contributed by atoms with van der Waals surface area (Å²) in [5, 5.41) is 3.48. The number of anilines is 5. The highest BCUT2D eigenvalue weighted by Crippen LogP contribution is 2.48. The van der Waals surface area contributed by atoms with E-state index in [9.17, 15) is 0 Å². The van der Waals surface area contributed by atoms with Gasteiger partial charge in [-0.1, -0.05) is 97.1 Å². The fraction of sp³-hybridized carbons (Fsp3) is 0. The van der Waals surface area contributed by atoms with E-state index in [2.05, 4.69) is 161 Å². The maximum Gasteiger partial charge on any atom is 0.333 e. The molecular weight excluding hydrogens is 527 g/mol. The predicted octanol–water partition coefficient (Wildman–Crippen LogP) is 9.28. The molecule has 3 heterocycles. The zero-order chi connectivity index (χ0) is 27.6. The lowest BCUT2D eigenvalue weighted by Crippen LogP contribution is -2.61. The molecule has 1 aromatic heterocycles. The molecule has 0 atom stereocenters. The Hall–Kier alpha value is -5.06. The van der Waals surface area contributed by atoms with Crippen molar-refractivity contribution in [2.75, 3.05) is 9.71 Å². The van der Waals surface area contributed by atoms with Gasteiger partial charge in [-0.15, -0.1) is 11.3 Å². The van der Waals surface area contributed by atoms with Crippen LogP contribution in [0.15, 0.2) is 151 Å². The molecule has 0 saturated carbocycles. The van der Waals surface area contributed by atoms with E-state index in [0.717, 1.165) is 0 Å². The Morgan fingerprint density at radius 1 is 0.500 bits per heavy atom. The van der Waals surface area contributed by atoms with Gasteiger partial charge in [0.25, 0.3) is 0 Å². The first-order valence-electron chi connectivity index (χ1n) is 14.4. The maximum absolute atomic E-state index is 2.54. The van der Waals surface area contributed by atoms with Gasteiger partial charge in [0.1, 0.15) is 0 Å². The quantitative estimate of drug-likeness (QED) is 0.202. The van der Waals surface area contributed by atoms with Gasteiger partial charge in [0, 0.05) is 38.6 Å². The Morgan fingerprint density at radius 3 is 2.05 bits per heavy atom. The van der Waals surface area contributed by atoms with Gasteiger partial charge in [-0.2, -0.15) is 0 Å². The van der Waals surface area contributed by atoms with E-state index in [4.69, 9.17) is 0 Å². The largest absolute Gasteiger partial charge is 0.376 e. The zero-order valence-corrected chi connectivity index (χ0v) is 23.6. The third kappa shape index (κ3) is 3.39. The van der Waals surface area contributed by atoms with Crippen molar-refractivity contribution >= 4 is 67.6 Å². The maximum atomic E-state index is 2.54. The van der Waals surface area contributed by atoms with E-state index in [1.165, 1.54) is 71.7 Å². The smallest absolute Gasteiger partial charge is 0.333 e. The Morgan fingerprint density at radius 2 is 1.19 bits per heavy atom. The lowest BCUT2D eigenvalue weighted by Gasteiger charge is -2.45. The molecule has 0 saturated heterocycles. The first-order valence-corrected chi connectivity index (χ1v) is 15.3. The van der Waals surface area contributed by atoms with Gasteiger partial charge in [-0.25, -0.2) is 0 Å². The minimum absolute atomic E-state index is 0.0478. The molecule has 0 spiro atoms. The summed E-state index contributed by atoms with van der Waals surface area (Å²) in [7, 11) is 0. The molecule has 0 N–H and O–H groups in total. The normalized spacial score (nSPS) is 13.1. The highest BCUT2D eigenvalue weighted by molar-refractivity contribution is 7.17. The summed E-state index contributed by atoms with van der Waals surface area (Å²) < 4.78 is 1.30. The first kappa shape index (κ1) is 23.6. The molecular formula is C38H25BN2S. The lowest BCUT2D eigenvalue weighted by atomic mass is 9.43. The van der Waals surface area contributed by atoms with Crippen molar-refractivity contribution in [2.45, 2.75) is 0 Å². The van der Waals surface area contributed by atoms with E-state index < -0.39 is 0 Å². The second-order valence-corrected chi connectivity index (χ2v) is 11.9. The Bertz CT molecular complexity index is 2120. The van der Waals surface area contributed by atoms with Crippen LogP contribution in [-0.4, -0.2) is 6.85 Å². The molecule has 9 rings (SSSR count). The summed E-state index contributed by atoms with van der Waals surface area (Å²) in [6, 6.07) is 53.3. The van der Waals surface area contributed by atoms with Crippen LogP contribution in [0, 0.1) is 0 Å². The minimum atomic E-state index is 0.0478. The molecule has 2 aliphatic rings. The Balaban J connectivity index is 1.38. The van der Waals surface area contributed by atoms with Gasteiger partial charge in [0.05, 0.1) is 5.69 Å². The third-order valence-corrected chi connectivity index (χ3v) is 9.59. The summed E-state index contributed by atoms with van der Waals surface area (Å²) in [6.07, 6.45) is 0. The third-order valence-electron chi connectivity index (χ3n) is 8.71.